The van der Waals surface area contributed by atoms with Crippen molar-refractivity contribution in [2.24, 2.45) is 0 Å². The van der Waals surface area contributed by atoms with Crippen LogP contribution in [0.1, 0.15) is 48.5 Å². The maximum atomic E-state index is 13.3. The summed E-state index contributed by atoms with van der Waals surface area (Å²) >= 11 is 1.13. The smallest absolute Gasteiger partial charge is 0.350 e. The molecule has 0 fully saturated rings. The molecule has 0 aliphatic rings. The van der Waals surface area contributed by atoms with Crippen molar-refractivity contribution in [3.05, 3.63) is 63.4 Å². The summed E-state index contributed by atoms with van der Waals surface area (Å²) in [5.41, 5.74) is 1.62. The minimum atomic E-state index is -0.451. The van der Waals surface area contributed by atoms with Crippen molar-refractivity contribution in [1.29, 1.82) is 0 Å². The Balaban J connectivity index is 1.88. The van der Waals surface area contributed by atoms with Gasteiger partial charge in [0, 0.05) is 18.2 Å². The standard InChI is InChI=1S/C24H28N4O4S/c1-4-6-10-15-27(24-25-17(3)22(33-24)23(31)32-5-2)21(30)16-28-20(29)14-13-19(26-28)18-11-8-7-9-12-18/h7-9,11-14H,4-6,10,15-16H2,1-3H3. The van der Waals surface area contributed by atoms with Gasteiger partial charge in [-0.25, -0.2) is 14.5 Å². The summed E-state index contributed by atoms with van der Waals surface area (Å²) in [4.78, 5) is 44.3. The van der Waals surface area contributed by atoms with E-state index in [1.165, 1.54) is 10.7 Å². The molecule has 1 amide bonds. The number of ether oxygens (including phenoxy) is 1. The number of anilines is 1. The lowest BCUT2D eigenvalue weighted by Crippen LogP contribution is -2.38. The molecule has 0 bridgehead atoms. The van der Waals surface area contributed by atoms with Crippen molar-refractivity contribution >= 4 is 28.3 Å². The van der Waals surface area contributed by atoms with E-state index in [2.05, 4.69) is 17.0 Å². The molecule has 174 valence electrons. The highest BCUT2D eigenvalue weighted by molar-refractivity contribution is 7.17. The van der Waals surface area contributed by atoms with E-state index in [9.17, 15) is 14.4 Å². The molecule has 3 rings (SSSR count). The fourth-order valence-electron chi connectivity index (χ4n) is 3.27. The summed E-state index contributed by atoms with van der Waals surface area (Å²) in [6.07, 6.45) is 2.72. The zero-order chi connectivity index (χ0) is 23.8. The molecule has 33 heavy (non-hydrogen) atoms. The quantitative estimate of drug-likeness (QED) is 0.329. The van der Waals surface area contributed by atoms with E-state index in [4.69, 9.17) is 4.74 Å². The highest BCUT2D eigenvalue weighted by atomic mass is 32.1. The van der Waals surface area contributed by atoms with Crippen LogP contribution in [0.5, 0.6) is 0 Å². The van der Waals surface area contributed by atoms with Gasteiger partial charge in [0.2, 0.25) is 0 Å². The van der Waals surface area contributed by atoms with Gasteiger partial charge in [-0.1, -0.05) is 61.4 Å². The number of carbonyl (C=O) groups excluding carboxylic acids is 2. The van der Waals surface area contributed by atoms with Gasteiger partial charge in [-0.05, 0) is 26.3 Å². The summed E-state index contributed by atoms with van der Waals surface area (Å²) in [6, 6.07) is 12.5. The molecular weight excluding hydrogens is 440 g/mol. The van der Waals surface area contributed by atoms with E-state index in [-0.39, 0.29) is 24.6 Å². The molecule has 0 radical (unpaired) electrons. The molecule has 1 aromatic carbocycles. The summed E-state index contributed by atoms with van der Waals surface area (Å²) in [7, 11) is 0. The number of aryl methyl sites for hydroxylation is 1. The number of nitrogens with zero attached hydrogens (tertiary/aromatic N) is 4. The number of rotatable bonds is 10. The van der Waals surface area contributed by atoms with Gasteiger partial charge < -0.3 is 4.74 Å². The second kappa shape index (κ2) is 11.5. The van der Waals surface area contributed by atoms with Crippen LogP contribution in [-0.2, 0) is 16.1 Å². The van der Waals surface area contributed by atoms with Crippen molar-refractivity contribution in [2.45, 2.75) is 46.6 Å². The molecule has 0 unspecified atom stereocenters. The van der Waals surface area contributed by atoms with Gasteiger partial charge in [0.05, 0.1) is 18.0 Å². The molecule has 0 aliphatic heterocycles. The number of thiazole rings is 1. The van der Waals surface area contributed by atoms with Gasteiger partial charge >= 0.3 is 5.97 Å². The first-order chi connectivity index (χ1) is 15.9. The molecule has 8 nitrogen and oxygen atoms in total. The Bertz CT molecular complexity index is 1160. The third-order valence-electron chi connectivity index (χ3n) is 4.98. The number of amides is 1. The van der Waals surface area contributed by atoms with Gasteiger partial charge in [-0.2, -0.15) is 5.10 Å². The molecule has 0 saturated heterocycles. The van der Waals surface area contributed by atoms with Crippen LogP contribution in [0.4, 0.5) is 5.13 Å². The maximum Gasteiger partial charge on any atom is 0.350 e. The molecule has 2 aromatic heterocycles. The molecule has 0 atom stereocenters. The van der Waals surface area contributed by atoms with Crippen LogP contribution in [0, 0.1) is 6.92 Å². The van der Waals surface area contributed by atoms with Gasteiger partial charge in [0.1, 0.15) is 11.4 Å². The van der Waals surface area contributed by atoms with Crippen LogP contribution in [0.15, 0.2) is 47.3 Å². The number of benzene rings is 1. The summed E-state index contributed by atoms with van der Waals surface area (Å²) in [5, 5.41) is 4.82. The lowest BCUT2D eigenvalue weighted by molar-refractivity contribution is -0.119. The number of esters is 1. The van der Waals surface area contributed by atoms with Crippen LogP contribution in [0.2, 0.25) is 0 Å². The fourth-order valence-corrected chi connectivity index (χ4v) is 4.27. The third-order valence-corrected chi connectivity index (χ3v) is 6.15. The lowest BCUT2D eigenvalue weighted by atomic mass is 10.1. The van der Waals surface area contributed by atoms with Gasteiger partial charge in [-0.15, -0.1) is 0 Å². The molecule has 0 aliphatic carbocycles. The second-order valence-electron chi connectivity index (χ2n) is 7.46. The maximum absolute atomic E-state index is 13.3. The Morgan fingerprint density at radius 2 is 1.85 bits per heavy atom. The van der Waals surface area contributed by atoms with Crippen LogP contribution in [0.25, 0.3) is 11.3 Å². The topological polar surface area (TPSA) is 94.4 Å². The minimum Gasteiger partial charge on any atom is -0.462 e. The average molecular weight is 469 g/mol. The predicted octanol–water partition coefficient (Wildman–Crippen LogP) is 4.08. The largest absolute Gasteiger partial charge is 0.462 e. The Labute approximate surface area is 196 Å². The Hall–Kier alpha value is -3.33. The normalized spacial score (nSPS) is 10.8. The number of hydrogen-bond acceptors (Lipinski definition) is 7. The van der Waals surface area contributed by atoms with E-state index >= 15 is 0 Å². The first-order valence-corrected chi connectivity index (χ1v) is 11.8. The predicted molar refractivity (Wildman–Crippen MR) is 129 cm³/mol. The number of hydrogen-bond donors (Lipinski definition) is 0. The Kier molecular flexibility index (Phi) is 8.48. The SMILES string of the molecule is CCCCCN(C(=O)Cn1nc(-c2ccccc2)ccc1=O)c1nc(C)c(C(=O)OCC)s1. The minimum absolute atomic E-state index is 0.223. The number of unbranched alkanes of at least 4 members (excludes halogenated alkanes) is 2. The lowest BCUT2D eigenvalue weighted by Gasteiger charge is -2.20. The summed E-state index contributed by atoms with van der Waals surface area (Å²) < 4.78 is 6.27. The van der Waals surface area contributed by atoms with Crippen molar-refractivity contribution in [2.75, 3.05) is 18.1 Å². The number of aromatic nitrogens is 3. The average Bonchev–Trinajstić information content (AvgIpc) is 3.20. The van der Waals surface area contributed by atoms with E-state index in [1.807, 2.05) is 30.3 Å². The molecule has 0 spiro atoms. The molecule has 3 aromatic rings. The fraction of sp³-hybridized carbons (Fsp3) is 0.375. The summed E-state index contributed by atoms with van der Waals surface area (Å²) in [5.74, 6) is -0.761. The Morgan fingerprint density at radius 1 is 1.09 bits per heavy atom. The van der Waals surface area contributed by atoms with E-state index in [1.54, 1.807) is 24.8 Å². The van der Waals surface area contributed by atoms with Crippen LogP contribution in [-0.4, -0.2) is 39.8 Å². The van der Waals surface area contributed by atoms with Crippen molar-refractivity contribution in [3.63, 3.8) is 0 Å². The van der Waals surface area contributed by atoms with Crippen LogP contribution >= 0.6 is 11.3 Å². The van der Waals surface area contributed by atoms with Crippen LogP contribution < -0.4 is 10.5 Å². The zero-order valence-electron chi connectivity index (χ0n) is 19.1. The van der Waals surface area contributed by atoms with E-state index < -0.39 is 5.97 Å². The van der Waals surface area contributed by atoms with Gasteiger partial charge in [-0.3, -0.25) is 14.5 Å². The van der Waals surface area contributed by atoms with Crippen molar-refractivity contribution in [1.82, 2.24) is 14.8 Å². The third kappa shape index (κ3) is 6.13. The second-order valence-corrected chi connectivity index (χ2v) is 8.44. The van der Waals surface area contributed by atoms with Crippen LogP contribution in [0.3, 0.4) is 0 Å². The van der Waals surface area contributed by atoms with E-state index in [0.717, 1.165) is 36.2 Å². The monoisotopic (exact) mass is 468 g/mol. The van der Waals surface area contributed by atoms with E-state index in [0.29, 0.717) is 27.9 Å². The summed E-state index contributed by atoms with van der Waals surface area (Å²) in [6.45, 7) is 6.02. The van der Waals surface area contributed by atoms with Crippen molar-refractivity contribution in [3.8, 4) is 11.3 Å². The highest BCUT2D eigenvalue weighted by Gasteiger charge is 2.24. The first kappa shape index (κ1) is 24.3. The molecule has 0 saturated carbocycles. The molecule has 2 heterocycles. The van der Waals surface area contributed by atoms with Gasteiger partial charge in [0.25, 0.3) is 11.5 Å². The molecular formula is C24H28N4O4S. The highest BCUT2D eigenvalue weighted by Crippen LogP contribution is 2.27. The Morgan fingerprint density at radius 3 is 2.55 bits per heavy atom. The number of carbonyl (C=O) groups is 2. The van der Waals surface area contributed by atoms with Gasteiger partial charge in [0.15, 0.2) is 5.13 Å². The molecule has 9 heteroatoms. The molecule has 0 N–H and O–H groups in total. The zero-order valence-corrected chi connectivity index (χ0v) is 19.9. The van der Waals surface area contributed by atoms with Crippen molar-refractivity contribution < 1.29 is 14.3 Å². The first-order valence-electron chi connectivity index (χ1n) is 11.0.